The van der Waals surface area contributed by atoms with Crippen LogP contribution in [0.2, 0.25) is 0 Å². The Labute approximate surface area is 119 Å². The van der Waals surface area contributed by atoms with E-state index in [0.717, 1.165) is 22.6 Å². The molecule has 0 radical (unpaired) electrons. The Bertz CT molecular complexity index is 624. The number of furan rings is 1. The molecule has 4 heteroatoms. The van der Waals surface area contributed by atoms with Gasteiger partial charge in [-0.05, 0) is 57.5 Å². The zero-order valence-corrected chi connectivity index (χ0v) is 12.3. The van der Waals surface area contributed by atoms with Crippen LogP contribution in [0.4, 0.5) is 5.69 Å². The molecule has 0 fully saturated rings. The number of nitrogens with one attached hydrogen (secondary N) is 1. The van der Waals surface area contributed by atoms with Gasteiger partial charge in [0.1, 0.15) is 11.5 Å². The Balaban J connectivity index is 2.17. The Hall–Kier alpha value is -2.23. The largest absolute Gasteiger partial charge is 0.466 e. The van der Waals surface area contributed by atoms with Crippen LogP contribution in [0.5, 0.6) is 0 Å². The number of anilines is 1. The Morgan fingerprint density at radius 2 is 1.90 bits per heavy atom. The number of rotatable bonds is 3. The topological polar surface area (TPSA) is 68.3 Å². The number of carbonyl (C=O) groups is 1. The molecule has 106 valence electrons. The summed E-state index contributed by atoms with van der Waals surface area (Å²) >= 11 is 0. The Morgan fingerprint density at radius 3 is 2.45 bits per heavy atom. The zero-order valence-electron chi connectivity index (χ0n) is 12.3. The average molecular weight is 272 g/mol. The molecule has 3 N–H and O–H groups in total. The molecule has 1 amide bonds. The second-order valence-electron chi connectivity index (χ2n) is 5.20. The lowest BCUT2D eigenvalue weighted by molar-refractivity contribution is 0.0939. The van der Waals surface area contributed by atoms with Crippen molar-refractivity contribution in [2.45, 2.75) is 33.7 Å². The van der Waals surface area contributed by atoms with Crippen molar-refractivity contribution >= 4 is 11.6 Å². The highest BCUT2D eigenvalue weighted by molar-refractivity contribution is 5.95. The molecule has 2 rings (SSSR count). The van der Waals surface area contributed by atoms with Crippen LogP contribution in [0.1, 0.15) is 46.0 Å². The predicted octanol–water partition coefficient (Wildman–Crippen LogP) is 3.28. The number of aryl methyl sites for hydroxylation is 3. The number of hydrogen-bond acceptors (Lipinski definition) is 3. The van der Waals surface area contributed by atoms with Gasteiger partial charge in [0, 0.05) is 16.8 Å². The average Bonchev–Trinajstić information content (AvgIpc) is 2.67. The van der Waals surface area contributed by atoms with Gasteiger partial charge in [-0.25, -0.2) is 0 Å². The third-order valence-corrected chi connectivity index (χ3v) is 3.26. The molecular weight excluding hydrogens is 252 g/mol. The van der Waals surface area contributed by atoms with Crippen LogP contribution >= 0.6 is 0 Å². The van der Waals surface area contributed by atoms with Crippen LogP contribution in [0.15, 0.2) is 28.7 Å². The maximum absolute atomic E-state index is 12.3. The highest BCUT2D eigenvalue weighted by atomic mass is 16.3. The van der Waals surface area contributed by atoms with E-state index in [1.54, 1.807) is 6.07 Å². The fourth-order valence-electron chi connectivity index (χ4n) is 2.38. The summed E-state index contributed by atoms with van der Waals surface area (Å²) in [5, 5.41) is 2.97. The summed E-state index contributed by atoms with van der Waals surface area (Å²) in [6.07, 6.45) is 0. The fourth-order valence-corrected chi connectivity index (χ4v) is 2.38. The van der Waals surface area contributed by atoms with Gasteiger partial charge in [-0.2, -0.15) is 0 Å². The summed E-state index contributed by atoms with van der Waals surface area (Å²) in [5.74, 6) is 1.55. The molecule has 1 aromatic carbocycles. The predicted molar refractivity (Wildman–Crippen MR) is 79.7 cm³/mol. The van der Waals surface area contributed by atoms with E-state index >= 15 is 0 Å². The third kappa shape index (κ3) is 3.02. The number of nitrogen functional groups attached to an aromatic ring is 1. The van der Waals surface area contributed by atoms with E-state index in [9.17, 15) is 4.79 Å². The van der Waals surface area contributed by atoms with Crippen LogP contribution < -0.4 is 11.1 Å². The molecule has 1 aromatic heterocycles. The van der Waals surface area contributed by atoms with Crippen molar-refractivity contribution < 1.29 is 9.21 Å². The molecule has 1 heterocycles. The normalized spacial score (nSPS) is 12.2. The quantitative estimate of drug-likeness (QED) is 0.842. The number of nitrogens with two attached hydrogens (primary N) is 1. The smallest absolute Gasteiger partial charge is 0.251 e. The van der Waals surface area contributed by atoms with E-state index in [2.05, 4.69) is 5.32 Å². The zero-order chi connectivity index (χ0) is 14.9. The van der Waals surface area contributed by atoms with E-state index in [-0.39, 0.29) is 11.9 Å². The molecule has 4 nitrogen and oxygen atoms in total. The number of amides is 1. The third-order valence-electron chi connectivity index (χ3n) is 3.26. The van der Waals surface area contributed by atoms with Crippen LogP contribution in [0.25, 0.3) is 0 Å². The molecular formula is C16H20N2O2. The summed E-state index contributed by atoms with van der Waals surface area (Å²) in [4.78, 5) is 12.3. The van der Waals surface area contributed by atoms with Crippen molar-refractivity contribution in [3.63, 3.8) is 0 Å². The van der Waals surface area contributed by atoms with Crippen LogP contribution in [-0.4, -0.2) is 5.91 Å². The van der Waals surface area contributed by atoms with Gasteiger partial charge in [0.2, 0.25) is 0 Å². The SMILES string of the molecule is Cc1cc(N)cc(C(=O)NC(C)c2cc(C)oc2C)c1. The minimum Gasteiger partial charge on any atom is -0.466 e. The molecule has 0 spiro atoms. The van der Waals surface area contributed by atoms with E-state index in [4.69, 9.17) is 10.2 Å². The molecule has 0 saturated carbocycles. The van der Waals surface area contributed by atoms with Gasteiger partial charge in [-0.15, -0.1) is 0 Å². The first-order valence-corrected chi connectivity index (χ1v) is 6.62. The summed E-state index contributed by atoms with van der Waals surface area (Å²) in [7, 11) is 0. The molecule has 0 bridgehead atoms. The fraction of sp³-hybridized carbons (Fsp3) is 0.312. The number of hydrogen-bond donors (Lipinski definition) is 2. The molecule has 1 unspecified atom stereocenters. The maximum atomic E-state index is 12.3. The monoisotopic (exact) mass is 272 g/mol. The van der Waals surface area contributed by atoms with E-state index in [1.807, 2.05) is 45.9 Å². The second-order valence-corrected chi connectivity index (χ2v) is 5.20. The Kier molecular flexibility index (Phi) is 3.84. The van der Waals surface area contributed by atoms with Crippen molar-refractivity contribution in [1.29, 1.82) is 0 Å². The first kappa shape index (κ1) is 14.2. The summed E-state index contributed by atoms with van der Waals surface area (Å²) in [5.41, 5.74) is 8.91. The van der Waals surface area contributed by atoms with Crippen molar-refractivity contribution in [1.82, 2.24) is 5.32 Å². The van der Waals surface area contributed by atoms with Gasteiger partial charge in [-0.3, -0.25) is 4.79 Å². The van der Waals surface area contributed by atoms with E-state index in [1.165, 1.54) is 0 Å². The van der Waals surface area contributed by atoms with Crippen LogP contribution in [0, 0.1) is 20.8 Å². The van der Waals surface area contributed by atoms with Gasteiger partial charge in [0.05, 0.1) is 6.04 Å². The summed E-state index contributed by atoms with van der Waals surface area (Å²) < 4.78 is 5.49. The molecule has 0 saturated heterocycles. The lowest BCUT2D eigenvalue weighted by Crippen LogP contribution is -2.26. The summed E-state index contributed by atoms with van der Waals surface area (Å²) in [6.45, 7) is 7.65. The van der Waals surface area contributed by atoms with Gasteiger partial charge in [0.15, 0.2) is 0 Å². The van der Waals surface area contributed by atoms with Gasteiger partial charge < -0.3 is 15.5 Å². The van der Waals surface area contributed by atoms with Crippen LogP contribution in [0.3, 0.4) is 0 Å². The van der Waals surface area contributed by atoms with Crippen LogP contribution in [-0.2, 0) is 0 Å². The highest BCUT2D eigenvalue weighted by Crippen LogP contribution is 2.22. The van der Waals surface area contributed by atoms with Crippen molar-refractivity contribution in [3.8, 4) is 0 Å². The molecule has 1 atom stereocenters. The van der Waals surface area contributed by atoms with Gasteiger partial charge >= 0.3 is 0 Å². The van der Waals surface area contributed by atoms with Crippen molar-refractivity contribution in [2.75, 3.05) is 5.73 Å². The molecule has 2 aromatic rings. The molecule has 0 aliphatic rings. The second kappa shape index (κ2) is 5.41. The van der Waals surface area contributed by atoms with Gasteiger partial charge in [0.25, 0.3) is 5.91 Å². The molecule has 0 aliphatic heterocycles. The van der Waals surface area contributed by atoms with E-state index in [0.29, 0.717) is 11.3 Å². The minimum atomic E-state index is -0.133. The summed E-state index contributed by atoms with van der Waals surface area (Å²) in [6, 6.07) is 7.19. The first-order chi connectivity index (χ1) is 9.36. The lowest BCUT2D eigenvalue weighted by Gasteiger charge is -2.14. The number of carbonyl (C=O) groups excluding carboxylic acids is 1. The molecule has 0 aliphatic carbocycles. The first-order valence-electron chi connectivity index (χ1n) is 6.62. The molecule has 20 heavy (non-hydrogen) atoms. The van der Waals surface area contributed by atoms with Crippen molar-refractivity contribution in [3.05, 3.63) is 52.5 Å². The highest BCUT2D eigenvalue weighted by Gasteiger charge is 2.16. The Morgan fingerprint density at radius 1 is 1.20 bits per heavy atom. The van der Waals surface area contributed by atoms with Crippen molar-refractivity contribution in [2.24, 2.45) is 0 Å². The number of benzene rings is 1. The van der Waals surface area contributed by atoms with Gasteiger partial charge in [-0.1, -0.05) is 0 Å². The standard InChI is InChI=1S/C16H20N2O2/c1-9-5-13(8-14(17)6-9)16(19)18-11(3)15-7-10(2)20-12(15)4/h5-8,11H,17H2,1-4H3,(H,18,19). The lowest BCUT2D eigenvalue weighted by atomic mass is 10.1. The minimum absolute atomic E-state index is 0.110. The van der Waals surface area contributed by atoms with E-state index < -0.39 is 0 Å². The maximum Gasteiger partial charge on any atom is 0.251 e.